The van der Waals surface area contributed by atoms with Crippen molar-refractivity contribution in [3.8, 4) is 17.3 Å². The SMILES string of the molecule is CNCCNCc1cccc(-c2nc(NC3CCOCC3)c(C)c(OCc3ccc(F)cc3)n2)c1. The molecule has 4 rings (SSSR count). The third-order valence-electron chi connectivity index (χ3n) is 6.02. The van der Waals surface area contributed by atoms with Crippen molar-refractivity contribution >= 4 is 5.82 Å². The summed E-state index contributed by atoms with van der Waals surface area (Å²) in [7, 11) is 1.94. The number of ether oxygens (including phenoxy) is 2. The molecule has 1 fully saturated rings. The first kappa shape index (κ1) is 25.0. The van der Waals surface area contributed by atoms with Crippen LogP contribution >= 0.6 is 0 Å². The van der Waals surface area contributed by atoms with Gasteiger partial charge in [0.15, 0.2) is 5.82 Å². The minimum Gasteiger partial charge on any atom is -0.472 e. The number of anilines is 1. The lowest BCUT2D eigenvalue weighted by Crippen LogP contribution is -2.28. The maximum Gasteiger partial charge on any atom is 0.222 e. The maximum atomic E-state index is 13.3. The van der Waals surface area contributed by atoms with Gasteiger partial charge in [0.25, 0.3) is 0 Å². The van der Waals surface area contributed by atoms with Crippen molar-refractivity contribution in [1.82, 2.24) is 20.6 Å². The van der Waals surface area contributed by atoms with Gasteiger partial charge in [0.05, 0.1) is 5.56 Å². The van der Waals surface area contributed by atoms with Crippen LogP contribution in [-0.4, -0.2) is 49.4 Å². The van der Waals surface area contributed by atoms with Crippen LogP contribution in [0.4, 0.5) is 10.2 Å². The summed E-state index contributed by atoms with van der Waals surface area (Å²) < 4.78 is 24.9. The van der Waals surface area contributed by atoms with Crippen molar-refractivity contribution in [3.63, 3.8) is 0 Å². The smallest absolute Gasteiger partial charge is 0.222 e. The molecule has 1 aliphatic heterocycles. The van der Waals surface area contributed by atoms with Crippen molar-refractivity contribution in [3.05, 3.63) is 71.0 Å². The maximum absolute atomic E-state index is 13.3. The molecule has 1 saturated heterocycles. The van der Waals surface area contributed by atoms with E-state index < -0.39 is 0 Å². The highest BCUT2D eigenvalue weighted by atomic mass is 19.1. The molecule has 7 nitrogen and oxygen atoms in total. The molecule has 2 heterocycles. The first-order valence-electron chi connectivity index (χ1n) is 12.2. The highest BCUT2D eigenvalue weighted by Gasteiger charge is 2.19. The quantitative estimate of drug-likeness (QED) is 0.358. The van der Waals surface area contributed by atoms with Crippen LogP contribution in [0.25, 0.3) is 11.4 Å². The number of rotatable bonds is 11. The minimum atomic E-state index is -0.266. The molecule has 3 aromatic rings. The summed E-state index contributed by atoms with van der Waals surface area (Å²) in [5, 5.41) is 10.2. The zero-order valence-corrected chi connectivity index (χ0v) is 20.4. The van der Waals surface area contributed by atoms with Crippen molar-refractivity contribution < 1.29 is 13.9 Å². The number of aromatic nitrogens is 2. The molecule has 0 amide bonds. The first-order valence-corrected chi connectivity index (χ1v) is 12.2. The number of hydrogen-bond donors (Lipinski definition) is 3. The lowest BCUT2D eigenvalue weighted by atomic mass is 10.1. The highest BCUT2D eigenvalue weighted by molar-refractivity contribution is 5.62. The fourth-order valence-electron chi connectivity index (χ4n) is 3.94. The summed E-state index contributed by atoms with van der Waals surface area (Å²) in [6.07, 6.45) is 1.86. The van der Waals surface area contributed by atoms with Gasteiger partial charge in [-0.05, 0) is 56.1 Å². The van der Waals surface area contributed by atoms with Gasteiger partial charge in [-0.1, -0.05) is 30.3 Å². The Morgan fingerprint density at radius 3 is 2.60 bits per heavy atom. The molecular weight excluding hydrogens is 445 g/mol. The standard InChI is InChI=1S/C27H34FN5O2/c1-19-25(31-24-10-14-34-15-11-24)32-26(22-5-3-4-21(16-22)17-30-13-12-29-2)33-27(19)35-18-20-6-8-23(28)9-7-20/h3-9,16,24,29-30H,10-15,17-18H2,1-2H3,(H,31,32,33). The van der Waals surface area contributed by atoms with E-state index >= 15 is 0 Å². The molecule has 0 radical (unpaired) electrons. The van der Waals surface area contributed by atoms with E-state index in [1.807, 2.05) is 26.1 Å². The Kier molecular flexibility index (Phi) is 9.00. The van der Waals surface area contributed by atoms with Crippen LogP contribution in [0, 0.1) is 12.7 Å². The predicted molar refractivity (Wildman–Crippen MR) is 136 cm³/mol. The number of hydrogen-bond acceptors (Lipinski definition) is 7. The Labute approximate surface area is 206 Å². The first-order chi connectivity index (χ1) is 17.1. The van der Waals surface area contributed by atoms with Gasteiger partial charge in [-0.25, -0.2) is 9.37 Å². The summed E-state index contributed by atoms with van der Waals surface area (Å²) >= 11 is 0. The zero-order chi connectivity index (χ0) is 24.5. The molecule has 0 unspecified atom stereocenters. The van der Waals surface area contributed by atoms with E-state index in [4.69, 9.17) is 19.4 Å². The van der Waals surface area contributed by atoms with Gasteiger partial charge >= 0.3 is 0 Å². The molecule has 0 saturated carbocycles. The Balaban J connectivity index is 1.59. The second kappa shape index (κ2) is 12.6. The topological polar surface area (TPSA) is 80.3 Å². The Hall–Kier alpha value is -3.07. The van der Waals surface area contributed by atoms with E-state index in [0.717, 1.165) is 73.8 Å². The van der Waals surface area contributed by atoms with E-state index in [2.05, 4.69) is 28.1 Å². The third-order valence-corrected chi connectivity index (χ3v) is 6.02. The lowest BCUT2D eigenvalue weighted by molar-refractivity contribution is 0.0903. The lowest BCUT2D eigenvalue weighted by Gasteiger charge is -2.25. The van der Waals surface area contributed by atoms with Crippen LogP contribution in [0.1, 0.15) is 29.5 Å². The molecule has 0 atom stereocenters. The summed E-state index contributed by atoms with van der Waals surface area (Å²) in [6.45, 7) is 6.31. The summed E-state index contributed by atoms with van der Waals surface area (Å²) in [6, 6.07) is 14.9. The molecule has 0 aliphatic carbocycles. The van der Waals surface area contributed by atoms with Crippen molar-refractivity contribution in [2.24, 2.45) is 0 Å². The predicted octanol–water partition coefficient (Wildman–Crippen LogP) is 4.07. The Morgan fingerprint density at radius 2 is 1.83 bits per heavy atom. The third kappa shape index (κ3) is 7.21. The molecule has 1 aliphatic rings. The van der Waals surface area contributed by atoms with Crippen molar-refractivity contribution in [1.29, 1.82) is 0 Å². The van der Waals surface area contributed by atoms with Gasteiger partial charge < -0.3 is 25.4 Å². The van der Waals surface area contributed by atoms with Crippen LogP contribution in [0.5, 0.6) is 5.88 Å². The Morgan fingerprint density at radius 1 is 1.03 bits per heavy atom. The van der Waals surface area contributed by atoms with Gasteiger partial charge in [0.2, 0.25) is 5.88 Å². The van der Waals surface area contributed by atoms with Crippen LogP contribution in [0.15, 0.2) is 48.5 Å². The number of halogens is 1. The summed E-state index contributed by atoms with van der Waals surface area (Å²) in [5.41, 5.74) is 3.82. The average Bonchev–Trinajstić information content (AvgIpc) is 2.89. The van der Waals surface area contributed by atoms with E-state index in [1.54, 1.807) is 12.1 Å². The summed E-state index contributed by atoms with van der Waals surface area (Å²) in [5.74, 6) is 1.63. The molecular formula is C27H34FN5O2. The molecule has 3 N–H and O–H groups in total. The second-order valence-electron chi connectivity index (χ2n) is 8.75. The van der Waals surface area contributed by atoms with Crippen molar-refractivity contribution in [2.75, 3.05) is 38.7 Å². The van der Waals surface area contributed by atoms with Gasteiger partial charge in [0, 0.05) is 44.5 Å². The number of nitrogens with zero attached hydrogens (tertiary/aromatic N) is 2. The summed E-state index contributed by atoms with van der Waals surface area (Å²) in [4.78, 5) is 9.67. The Bertz CT molecular complexity index is 1090. The molecule has 2 aromatic carbocycles. The van der Waals surface area contributed by atoms with E-state index in [9.17, 15) is 4.39 Å². The number of benzene rings is 2. The van der Waals surface area contributed by atoms with Crippen LogP contribution in [0.2, 0.25) is 0 Å². The number of nitrogens with one attached hydrogen (secondary N) is 3. The molecule has 1 aromatic heterocycles. The molecule has 186 valence electrons. The van der Waals surface area contributed by atoms with E-state index in [-0.39, 0.29) is 11.9 Å². The molecule has 8 heteroatoms. The normalized spacial score (nSPS) is 14.1. The fourth-order valence-corrected chi connectivity index (χ4v) is 3.94. The van der Waals surface area contributed by atoms with E-state index in [1.165, 1.54) is 12.1 Å². The molecule has 35 heavy (non-hydrogen) atoms. The second-order valence-corrected chi connectivity index (χ2v) is 8.75. The zero-order valence-electron chi connectivity index (χ0n) is 20.4. The fraction of sp³-hybridized carbons (Fsp3) is 0.407. The van der Waals surface area contributed by atoms with Crippen LogP contribution in [-0.2, 0) is 17.9 Å². The van der Waals surface area contributed by atoms with Gasteiger partial charge in [-0.3, -0.25) is 0 Å². The molecule has 0 spiro atoms. The minimum absolute atomic E-state index is 0.266. The largest absolute Gasteiger partial charge is 0.472 e. The van der Waals surface area contributed by atoms with Crippen LogP contribution < -0.4 is 20.7 Å². The van der Waals surface area contributed by atoms with Gasteiger partial charge in [0.1, 0.15) is 18.2 Å². The molecule has 0 bridgehead atoms. The van der Waals surface area contributed by atoms with Gasteiger partial charge in [-0.15, -0.1) is 0 Å². The van der Waals surface area contributed by atoms with E-state index in [0.29, 0.717) is 18.3 Å². The monoisotopic (exact) mass is 479 g/mol. The van der Waals surface area contributed by atoms with Crippen LogP contribution in [0.3, 0.4) is 0 Å². The van der Waals surface area contributed by atoms with Crippen molar-refractivity contribution in [2.45, 2.75) is 39.0 Å². The average molecular weight is 480 g/mol. The highest BCUT2D eigenvalue weighted by Crippen LogP contribution is 2.29. The van der Waals surface area contributed by atoms with Gasteiger partial charge in [-0.2, -0.15) is 4.98 Å². The number of likely N-dealkylation sites (N-methyl/N-ethyl adjacent to an activating group) is 1.